The van der Waals surface area contributed by atoms with Crippen molar-refractivity contribution in [1.29, 1.82) is 0 Å². The zero-order valence-electron chi connectivity index (χ0n) is 16.0. The van der Waals surface area contributed by atoms with Crippen molar-refractivity contribution >= 4 is 28.5 Å². The van der Waals surface area contributed by atoms with Crippen molar-refractivity contribution in [2.75, 3.05) is 11.9 Å². The Morgan fingerprint density at radius 3 is 2.66 bits per heavy atom. The van der Waals surface area contributed by atoms with Gasteiger partial charge in [-0.05, 0) is 18.9 Å². The van der Waals surface area contributed by atoms with E-state index in [1.165, 1.54) is 7.05 Å². The van der Waals surface area contributed by atoms with Gasteiger partial charge >= 0.3 is 5.97 Å². The van der Waals surface area contributed by atoms with Crippen molar-refractivity contribution in [3.8, 4) is 0 Å². The number of esters is 1. The molecule has 0 aliphatic heterocycles. The molecule has 1 N–H and O–H groups in total. The molecule has 2 heterocycles. The molecule has 0 atom stereocenters. The topological polar surface area (TPSA) is 108 Å². The molecule has 0 bridgehead atoms. The summed E-state index contributed by atoms with van der Waals surface area (Å²) in [5, 5.41) is 11.8. The van der Waals surface area contributed by atoms with Crippen LogP contribution in [0.4, 0.5) is 5.82 Å². The molecule has 1 fully saturated rings. The first-order valence-corrected chi connectivity index (χ1v) is 9.51. The van der Waals surface area contributed by atoms with E-state index >= 15 is 0 Å². The highest BCUT2D eigenvalue weighted by Gasteiger charge is 2.22. The van der Waals surface area contributed by atoms with Gasteiger partial charge in [-0.1, -0.05) is 31.0 Å². The lowest BCUT2D eigenvalue weighted by Gasteiger charge is -2.14. The van der Waals surface area contributed by atoms with Crippen LogP contribution in [0.15, 0.2) is 41.3 Å². The van der Waals surface area contributed by atoms with Gasteiger partial charge in [0.25, 0.3) is 11.5 Å². The SMILES string of the molecule is Cn1nc(C(=O)OCC(=O)Nc2ccnn2C2CCCC2)c2ccccc2c1=O. The van der Waals surface area contributed by atoms with Crippen LogP contribution >= 0.6 is 0 Å². The first-order chi connectivity index (χ1) is 14.0. The second kappa shape index (κ2) is 7.86. The Bertz CT molecular complexity index is 1130. The van der Waals surface area contributed by atoms with Gasteiger partial charge in [-0.15, -0.1) is 0 Å². The number of hydrogen-bond donors (Lipinski definition) is 1. The molecule has 3 aromatic rings. The van der Waals surface area contributed by atoms with Crippen molar-refractivity contribution < 1.29 is 14.3 Å². The van der Waals surface area contributed by atoms with Gasteiger partial charge in [-0.2, -0.15) is 10.2 Å². The Kier molecular flexibility index (Phi) is 5.11. The van der Waals surface area contributed by atoms with Gasteiger partial charge in [-0.25, -0.2) is 14.2 Å². The molecular weight excluding hydrogens is 374 g/mol. The molecule has 0 saturated heterocycles. The van der Waals surface area contributed by atoms with Gasteiger partial charge in [0.05, 0.1) is 17.6 Å². The molecule has 1 aromatic carbocycles. The first kappa shape index (κ1) is 18.9. The number of carbonyl (C=O) groups excluding carboxylic acids is 2. The second-order valence-corrected chi connectivity index (χ2v) is 7.05. The number of rotatable bonds is 5. The van der Waals surface area contributed by atoms with Crippen LogP contribution in [0.25, 0.3) is 10.8 Å². The fourth-order valence-electron chi connectivity index (χ4n) is 3.68. The summed E-state index contributed by atoms with van der Waals surface area (Å²) in [7, 11) is 1.46. The summed E-state index contributed by atoms with van der Waals surface area (Å²) in [6, 6.07) is 8.66. The largest absolute Gasteiger partial charge is 0.451 e. The summed E-state index contributed by atoms with van der Waals surface area (Å²) in [5.74, 6) is -0.646. The monoisotopic (exact) mass is 395 g/mol. The number of nitrogens with one attached hydrogen (secondary N) is 1. The number of ether oxygens (including phenoxy) is 1. The fourth-order valence-corrected chi connectivity index (χ4v) is 3.68. The molecule has 9 nitrogen and oxygen atoms in total. The van der Waals surface area contributed by atoms with E-state index in [1.54, 1.807) is 36.5 Å². The van der Waals surface area contributed by atoms with Crippen LogP contribution in [0.3, 0.4) is 0 Å². The highest BCUT2D eigenvalue weighted by molar-refractivity contribution is 6.03. The van der Waals surface area contributed by atoms with Crippen LogP contribution in [0, 0.1) is 0 Å². The van der Waals surface area contributed by atoms with E-state index in [0.29, 0.717) is 16.6 Å². The molecule has 4 rings (SSSR count). The third-order valence-electron chi connectivity index (χ3n) is 5.09. The number of fused-ring (bicyclic) bond motifs is 1. The predicted octanol–water partition coefficient (Wildman–Crippen LogP) is 2.04. The van der Waals surface area contributed by atoms with E-state index in [1.807, 2.05) is 4.68 Å². The van der Waals surface area contributed by atoms with Crippen molar-refractivity contribution in [1.82, 2.24) is 19.6 Å². The molecule has 29 heavy (non-hydrogen) atoms. The minimum atomic E-state index is -0.767. The lowest BCUT2D eigenvalue weighted by atomic mass is 10.1. The summed E-state index contributed by atoms with van der Waals surface area (Å²) in [5.41, 5.74) is -0.318. The Hall–Kier alpha value is -3.49. The number of amides is 1. The number of aromatic nitrogens is 4. The predicted molar refractivity (Wildman–Crippen MR) is 106 cm³/mol. The maximum atomic E-state index is 12.5. The number of aryl methyl sites for hydroxylation is 1. The van der Waals surface area contributed by atoms with Gasteiger partial charge < -0.3 is 10.1 Å². The molecule has 150 valence electrons. The molecule has 1 saturated carbocycles. The zero-order valence-corrected chi connectivity index (χ0v) is 16.0. The summed E-state index contributed by atoms with van der Waals surface area (Å²) in [6.45, 7) is -0.465. The van der Waals surface area contributed by atoms with E-state index in [2.05, 4.69) is 15.5 Å². The number of carbonyl (C=O) groups is 2. The fraction of sp³-hybridized carbons (Fsp3) is 0.350. The Labute approximate surface area is 166 Å². The zero-order chi connectivity index (χ0) is 20.4. The van der Waals surface area contributed by atoms with Gasteiger partial charge in [0.2, 0.25) is 0 Å². The van der Waals surface area contributed by atoms with Crippen LogP contribution < -0.4 is 10.9 Å². The molecule has 9 heteroatoms. The third-order valence-corrected chi connectivity index (χ3v) is 5.09. The molecule has 1 aliphatic carbocycles. The van der Waals surface area contributed by atoms with Crippen molar-refractivity contribution in [2.24, 2.45) is 7.05 Å². The van der Waals surface area contributed by atoms with Crippen molar-refractivity contribution in [3.63, 3.8) is 0 Å². The van der Waals surface area contributed by atoms with Gasteiger partial charge in [0.15, 0.2) is 12.3 Å². The lowest BCUT2D eigenvalue weighted by Crippen LogP contribution is -2.26. The standard InChI is InChI=1S/C20H21N5O4/c1-24-19(27)15-9-5-4-8-14(15)18(23-24)20(28)29-12-17(26)22-16-10-11-21-25(16)13-6-2-3-7-13/h4-5,8-11,13H,2-3,6-7,12H2,1H3,(H,22,26). The van der Waals surface area contributed by atoms with Crippen LogP contribution in [0.2, 0.25) is 0 Å². The average molecular weight is 395 g/mol. The third kappa shape index (κ3) is 3.75. The quantitative estimate of drug-likeness (QED) is 0.663. The van der Waals surface area contributed by atoms with Crippen LogP contribution in [0.1, 0.15) is 42.2 Å². The van der Waals surface area contributed by atoms with Gasteiger partial charge in [0, 0.05) is 18.5 Å². The maximum Gasteiger partial charge on any atom is 0.359 e. The highest BCUT2D eigenvalue weighted by Crippen LogP contribution is 2.31. The normalized spacial score (nSPS) is 14.2. The van der Waals surface area contributed by atoms with Gasteiger partial charge in [-0.3, -0.25) is 9.59 Å². The molecule has 0 spiro atoms. The Morgan fingerprint density at radius 1 is 1.17 bits per heavy atom. The molecule has 2 aromatic heterocycles. The molecule has 0 unspecified atom stereocenters. The van der Waals surface area contributed by atoms with Crippen LogP contribution in [-0.2, 0) is 16.6 Å². The second-order valence-electron chi connectivity index (χ2n) is 7.05. The summed E-state index contributed by atoms with van der Waals surface area (Å²) in [4.78, 5) is 37.0. The van der Waals surface area contributed by atoms with Crippen LogP contribution in [-0.4, -0.2) is 38.0 Å². The maximum absolute atomic E-state index is 12.5. The van der Waals surface area contributed by atoms with Gasteiger partial charge in [0.1, 0.15) is 5.82 Å². The molecule has 0 radical (unpaired) electrons. The smallest absolute Gasteiger partial charge is 0.359 e. The Morgan fingerprint density at radius 2 is 1.90 bits per heavy atom. The number of nitrogens with zero attached hydrogens (tertiary/aromatic N) is 4. The number of hydrogen-bond acceptors (Lipinski definition) is 6. The summed E-state index contributed by atoms with van der Waals surface area (Å²) in [6.07, 6.45) is 6.00. The van der Waals surface area contributed by atoms with E-state index in [4.69, 9.17) is 4.74 Å². The summed E-state index contributed by atoms with van der Waals surface area (Å²) < 4.78 is 8.05. The summed E-state index contributed by atoms with van der Waals surface area (Å²) >= 11 is 0. The minimum absolute atomic E-state index is 0.00787. The number of benzene rings is 1. The van der Waals surface area contributed by atoms with E-state index in [0.717, 1.165) is 30.4 Å². The van der Waals surface area contributed by atoms with Crippen LogP contribution in [0.5, 0.6) is 0 Å². The number of anilines is 1. The van der Waals surface area contributed by atoms with Crippen molar-refractivity contribution in [3.05, 3.63) is 52.6 Å². The molecule has 1 aliphatic rings. The molecular formula is C20H21N5O4. The minimum Gasteiger partial charge on any atom is -0.451 e. The molecule has 1 amide bonds. The van der Waals surface area contributed by atoms with E-state index < -0.39 is 18.5 Å². The first-order valence-electron chi connectivity index (χ1n) is 9.51. The lowest BCUT2D eigenvalue weighted by molar-refractivity contribution is -0.119. The average Bonchev–Trinajstić information content (AvgIpc) is 3.40. The van der Waals surface area contributed by atoms with E-state index in [-0.39, 0.29) is 17.3 Å². The van der Waals surface area contributed by atoms with Crippen molar-refractivity contribution in [2.45, 2.75) is 31.7 Å². The van der Waals surface area contributed by atoms with E-state index in [9.17, 15) is 14.4 Å². The Balaban J connectivity index is 1.45. The highest BCUT2D eigenvalue weighted by atomic mass is 16.5.